The third kappa shape index (κ3) is 3.52. The summed E-state index contributed by atoms with van der Waals surface area (Å²) < 4.78 is 6.89. The number of hydrogen-bond acceptors (Lipinski definition) is 4. The fourth-order valence-electron chi connectivity index (χ4n) is 2.75. The largest absolute Gasteiger partial charge is 0.394 e. The maximum Gasteiger partial charge on any atom is 0.0988 e. The van der Waals surface area contributed by atoms with Gasteiger partial charge in [-0.1, -0.05) is 15.9 Å². The zero-order valence-electron chi connectivity index (χ0n) is 12.3. The molecule has 0 aromatic heterocycles. The molecule has 20 heavy (non-hydrogen) atoms. The molecule has 1 aromatic carbocycles. The maximum atomic E-state index is 9.43. The number of hydrogen-bond donors (Lipinski definition) is 2. The molecule has 0 aliphatic carbocycles. The second-order valence-electron chi connectivity index (χ2n) is 6.05. The lowest BCUT2D eigenvalue weighted by molar-refractivity contribution is -0.101. The smallest absolute Gasteiger partial charge is 0.0988 e. The van der Waals surface area contributed by atoms with Crippen LogP contribution in [0.15, 0.2) is 22.7 Å². The minimum Gasteiger partial charge on any atom is -0.394 e. The Bertz CT molecular complexity index is 477. The first kappa shape index (κ1) is 15.8. The van der Waals surface area contributed by atoms with Gasteiger partial charge in [0.15, 0.2) is 0 Å². The van der Waals surface area contributed by atoms with Gasteiger partial charge in [-0.25, -0.2) is 0 Å². The highest BCUT2D eigenvalue weighted by Gasteiger charge is 2.34. The van der Waals surface area contributed by atoms with E-state index in [1.54, 1.807) is 0 Å². The Morgan fingerprint density at radius 2 is 2.25 bits per heavy atom. The van der Waals surface area contributed by atoms with Gasteiger partial charge in [-0.15, -0.1) is 0 Å². The van der Waals surface area contributed by atoms with Crippen molar-refractivity contribution in [2.24, 2.45) is 5.73 Å². The molecule has 0 spiro atoms. The minimum atomic E-state index is -0.284. The Morgan fingerprint density at radius 1 is 1.55 bits per heavy atom. The van der Waals surface area contributed by atoms with Crippen molar-refractivity contribution in [2.75, 3.05) is 24.6 Å². The van der Waals surface area contributed by atoms with E-state index >= 15 is 0 Å². The minimum absolute atomic E-state index is 0.0317. The summed E-state index contributed by atoms with van der Waals surface area (Å²) in [5, 5.41) is 9.43. The third-order valence-electron chi connectivity index (χ3n) is 3.51. The molecule has 1 aromatic rings. The molecule has 4 nitrogen and oxygen atoms in total. The second kappa shape index (κ2) is 6.02. The van der Waals surface area contributed by atoms with Gasteiger partial charge in [0.2, 0.25) is 0 Å². The molecule has 1 heterocycles. The van der Waals surface area contributed by atoms with Crippen LogP contribution in [-0.2, 0) is 4.74 Å². The van der Waals surface area contributed by atoms with Crippen LogP contribution in [0.2, 0.25) is 0 Å². The van der Waals surface area contributed by atoms with Crippen molar-refractivity contribution in [3.63, 3.8) is 0 Å². The third-order valence-corrected chi connectivity index (χ3v) is 4.00. The van der Waals surface area contributed by atoms with E-state index in [1.165, 1.54) is 0 Å². The monoisotopic (exact) mass is 342 g/mol. The van der Waals surface area contributed by atoms with Gasteiger partial charge in [0.1, 0.15) is 0 Å². The first-order valence-electron chi connectivity index (χ1n) is 6.91. The topological polar surface area (TPSA) is 58.7 Å². The number of morpholine rings is 1. The summed E-state index contributed by atoms with van der Waals surface area (Å²) in [7, 11) is 0. The molecule has 1 aliphatic heterocycles. The molecule has 2 atom stereocenters. The number of aliphatic hydroxyl groups excluding tert-OH is 1. The predicted molar refractivity (Wildman–Crippen MR) is 85.0 cm³/mol. The van der Waals surface area contributed by atoms with E-state index in [-0.39, 0.29) is 24.4 Å². The second-order valence-corrected chi connectivity index (χ2v) is 6.97. The van der Waals surface area contributed by atoms with Gasteiger partial charge in [-0.2, -0.15) is 0 Å². The van der Waals surface area contributed by atoms with E-state index in [0.717, 1.165) is 22.3 Å². The van der Waals surface area contributed by atoms with E-state index in [9.17, 15) is 5.11 Å². The standard InChI is InChI=1S/C15H23BrN2O2/c1-10(17)13-6-11(16)4-5-14(13)18-7-12(8-19)20-15(2,3)9-18/h4-6,10,12,19H,7-9,17H2,1-3H3. The lowest BCUT2D eigenvalue weighted by atomic mass is 10.0. The molecular weight excluding hydrogens is 320 g/mol. The maximum absolute atomic E-state index is 9.43. The number of nitrogens with two attached hydrogens (primary N) is 1. The average molecular weight is 343 g/mol. The Morgan fingerprint density at radius 3 is 2.85 bits per heavy atom. The average Bonchev–Trinajstić information content (AvgIpc) is 2.36. The molecule has 1 aliphatic rings. The molecule has 5 heteroatoms. The van der Waals surface area contributed by atoms with Crippen LogP contribution < -0.4 is 10.6 Å². The van der Waals surface area contributed by atoms with Crippen LogP contribution in [0, 0.1) is 0 Å². The Hall–Kier alpha value is -0.620. The molecule has 3 N–H and O–H groups in total. The van der Waals surface area contributed by atoms with Gasteiger partial charge in [0.05, 0.1) is 18.3 Å². The van der Waals surface area contributed by atoms with Crippen molar-refractivity contribution in [1.29, 1.82) is 0 Å². The molecular formula is C15H23BrN2O2. The van der Waals surface area contributed by atoms with Crippen LogP contribution in [-0.4, -0.2) is 36.5 Å². The number of anilines is 1. The summed E-state index contributed by atoms with van der Waals surface area (Å²) in [5.74, 6) is 0. The molecule has 0 saturated carbocycles. The van der Waals surface area contributed by atoms with Crippen molar-refractivity contribution < 1.29 is 9.84 Å². The van der Waals surface area contributed by atoms with Crippen LogP contribution in [0.25, 0.3) is 0 Å². The molecule has 0 radical (unpaired) electrons. The molecule has 1 saturated heterocycles. The van der Waals surface area contributed by atoms with E-state index in [2.05, 4.69) is 33.0 Å². The summed E-state index contributed by atoms with van der Waals surface area (Å²) in [6, 6.07) is 6.13. The van der Waals surface area contributed by atoms with Gasteiger partial charge in [-0.05, 0) is 44.5 Å². The number of nitrogens with zero attached hydrogens (tertiary/aromatic N) is 1. The van der Waals surface area contributed by atoms with Crippen LogP contribution in [0.1, 0.15) is 32.4 Å². The lowest BCUT2D eigenvalue weighted by Gasteiger charge is -2.44. The highest BCUT2D eigenvalue weighted by molar-refractivity contribution is 9.10. The van der Waals surface area contributed by atoms with E-state index in [1.807, 2.05) is 26.8 Å². The van der Waals surface area contributed by atoms with Crippen LogP contribution in [0.4, 0.5) is 5.69 Å². The highest BCUT2D eigenvalue weighted by atomic mass is 79.9. The Balaban J connectivity index is 2.35. The van der Waals surface area contributed by atoms with E-state index in [0.29, 0.717) is 6.54 Å². The lowest BCUT2D eigenvalue weighted by Crippen LogP contribution is -2.54. The summed E-state index contributed by atoms with van der Waals surface area (Å²) in [6.07, 6.45) is -0.164. The van der Waals surface area contributed by atoms with Crippen molar-refractivity contribution >= 4 is 21.6 Å². The van der Waals surface area contributed by atoms with Gasteiger partial charge < -0.3 is 20.5 Å². The number of rotatable bonds is 3. The number of benzene rings is 1. The van der Waals surface area contributed by atoms with Crippen LogP contribution >= 0.6 is 15.9 Å². The molecule has 2 rings (SSSR count). The zero-order valence-corrected chi connectivity index (χ0v) is 13.9. The number of aliphatic hydroxyl groups is 1. The van der Waals surface area contributed by atoms with Gasteiger partial charge in [0.25, 0.3) is 0 Å². The molecule has 1 fully saturated rings. The van der Waals surface area contributed by atoms with E-state index in [4.69, 9.17) is 10.5 Å². The fourth-order valence-corrected chi connectivity index (χ4v) is 3.13. The van der Waals surface area contributed by atoms with Crippen molar-refractivity contribution in [1.82, 2.24) is 0 Å². The summed E-state index contributed by atoms with van der Waals surface area (Å²) in [6.45, 7) is 7.58. The van der Waals surface area contributed by atoms with E-state index < -0.39 is 0 Å². The van der Waals surface area contributed by atoms with Crippen molar-refractivity contribution in [3.8, 4) is 0 Å². The molecule has 0 amide bonds. The Labute approximate surface area is 129 Å². The number of ether oxygens (including phenoxy) is 1. The van der Waals surface area contributed by atoms with Crippen LogP contribution in [0.3, 0.4) is 0 Å². The summed E-state index contributed by atoms with van der Waals surface area (Å²) >= 11 is 3.50. The SMILES string of the molecule is CC(N)c1cc(Br)ccc1N1CC(CO)OC(C)(C)C1. The normalized spacial score (nSPS) is 23.7. The number of halogens is 1. The first-order valence-corrected chi connectivity index (χ1v) is 7.70. The first-order chi connectivity index (χ1) is 9.32. The van der Waals surface area contributed by atoms with Gasteiger partial charge in [-0.3, -0.25) is 0 Å². The van der Waals surface area contributed by atoms with Crippen molar-refractivity contribution in [2.45, 2.75) is 38.5 Å². The van der Waals surface area contributed by atoms with Crippen molar-refractivity contribution in [3.05, 3.63) is 28.2 Å². The highest BCUT2D eigenvalue weighted by Crippen LogP contribution is 2.32. The van der Waals surface area contributed by atoms with Crippen LogP contribution in [0.5, 0.6) is 0 Å². The van der Waals surface area contributed by atoms with Gasteiger partial charge in [0, 0.05) is 29.3 Å². The molecule has 2 unspecified atom stereocenters. The molecule has 112 valence electrons. The van der Waals surface area contributed by atoms with Gasteiger partial charge >= 0.3 is 0 Å². The fraction of sp³-hybridized carbons (Fsp3) is 0.600. The Kier molecular flexibility index (Phi) is 4.74. The predicted octanol–water partition coefficient (Wildman–Crippen LogP) is 2.44. The zero-order chi connectivity index (χ0) is 14.9. The quantitative estimate of drug-likeness (QED) is 0.885. The summed E-state index contributed by atoms with van der Waals surface area (Å²) in [5.41, 5.74) is 8.04. The summed E-state index contributed by atoms with van der Waals surface area (Å²) in [4.78, 5) is 2.26. The molecule has 0 bridgehead atoms.